The zero-order valence-corrected chi connectivity index (χ0v) is 11.4. The molecule has 8 heteroatoms. The van der Waals surface area contributed by atoms with E-state index in [1.807, 2.05) is 6.92 Å². The standard InChI is InChI=1S/C9H16N4O2S2/c1-3-7(4-9(10)16)13-17(14,15)8-5-11-12-6(8)2/h5,7,13H,3-4H2,1-2H3,(H2,10,16)(H,11,12). The lowest BCUT2D eigenvalue weighted by Crippen LogP contribution is -2.37. The van der Waals surface area contributed by atoms with Gasteiger partial charge in [-0.1, -0.05) is 19.1 Å². The molecule has 4 N–H and O–H groups in total. The first kappa shape index (κ1) is 14.1. The molecule has 1 unspecified atom stereocenters. The van der Waals surface area contributed by atoms with Crippen molar-refractivity contribution in [2.75, 3.05) is 0 Å². The molecule has 0 aliphatic heterocycles. The van der Waals surface area contributed by atoms with Crippen molar-refractivity contribution in [2.24, 2.45) is 5.73 Å². The topological polar surface area (TPSA) is 101 Å². The Morgan fingerprint density at radius 1 is 1.71 bits per heavy atom. The summed E-state index contributed by atoms with van der Waals surface area (Å²) in [7, 11) is -3.56. The minimum absolute atomic E-state index is 0.152. The maximum atomic E-state index is 12.0. The zero-order chi connectivity index (χ0) is 13.1. The third kappa shape index (κ3) is 3.76. The van der Waals surface area contributed by atoms with Crippen LogP contribution in [0.15, 0.2) is 11.1 Å². The molecular weight excluding hydrogens is 260 g/mol. The van der Waals surface area contributed by atoms with Crippen molar-refractivity contribution >= 4 is 27.2 Å². The Morgan fingerprint density at radius 3 is 2.76 bits per heavy atom. The summed E-state index contributed by atoms with van der Waals surface area (Å²) in [6, 6.07) is -0.285. The number of hydrogen-bond donors (Lipinski definition) is 3. The first-order valence-electron chi connectivity index (χ1n) is 5.17. The summed E-state index contributed by atoms with van der Waals surface area (Å²) >= 11 is 4.78. The quantitative estimate of drug-likeness (QED) is 0.655. The molecule has 0 aliphatic carbocycles. The Kier molecular flexibility index (Phi) is 4.61. The number of thiocarbonyl (C=S) groups is 1. The first-order valence-corrected chi connectivity index (χ1v) is 7.06. The van der Waals surface area contributed by atoms with Gasteiger partial charge in [0.25, 0.3) is 0 Å². The number of nitrogens with one attached hydrogen (secondary N) is 2. The SMILES string of the molecule is CCC(CC(N)=S)NS(=O)(=O)c1cn[nH]c1C. The van der Waals surface area contributed by atoms with Gasteiger partial charge in [0.1, 0.15) is 4.90 Å². The Balaban J connectivity index is 2.86. The molecule has 1 atom stereocenters. The summed E-state index contributed by atoms with van der Waals surface area (Å²) in [6.07, 6.45) is 2.25. The fourth-order valence-electron chi connectivity index (χ4n) is 1.41. The summed E-state index contributed by atoms with van der Waals surface area (Å²) in [6.45, 7) is 3.52. The predicted molar refractivity (Wildman–Crippen MR) is 69.1 cm³/mol. The molecule has 17 heavy (non-hydrogen) atoms. The lowest BCUT2D eigenvalue weighted by molar-refractivity contribution is 0.546. The highest BCUT2D eigenvalue weighted by atomic mass is 32.2. The summed E-state index contributed by atoms with van der Waals surface area (Å²) in [4.78, 5) is 0.447. The van der Waals surface area contributed by atoms with Gasteiger partial charge in [-0.05, 0) is 13.3 Å². The molecule has 0 amide bonds. The number of hydrogen-bond acceptors (Lipinski definition) is 4. The average molecular weight is 276 g/mol. The monoisotopic (exact) mass is 276 g/mol. The number of rotatable bonds is 6. The summed E-state index contributed by atoms with van der Waals surface area (Å²) in [5.41, 5.74) is 5.92. The molecule has 0 aromatic carbocycles. The van der Waals surface area contributed by atoms with Crippen LogP contribution >= 0.6 is 12.2 Å². The molecule has 0 radical (unpaired) electrons. The van der Waals surface area contributed by atoms with Gasteiger partial charge in [-0.3, -0.25) is 5.10 Å². The third-order valence-corrected chi connectivity index (χ3v) is 4.14. The maximum absolute atomic E-state index is 12.0. The maximum Gasteiger partial charge on any atom is 0.244 e. The summed E-state index contributed by atoms with van der Waals surface area (Å²) in [5, 5.41) is 6.27. The van der Waals surface area contributed by atoms with Gasteiger partial charge in [0.2, 0.25) is 10.0 Å². The van der Waals surface area contributed by atoms with Gasteiger partial charge in [0.05, 0.1) is 16.9 Å². The van der Waals surface area contributed by atoms with E-state index in [1.165, 1.54) is 6.20 Å². The van der Waals surface area contributed by atoms with Crippen molar-refractivity contribution < 1.29 is 8.42 Å². The highest BCUT2D eigenvalue weighted by Gasteiger charge is 2.22. The van der Waals surface area contributed by atoms with Crippen LogP contribution in [0.5, 0.6) is 0 Å². The van der Waals surface area contributed by atoms with Crippen molar-refractivity contribution in [3.05, 3.63) is 11.9 Å². The minimum atomic E-state index is -3.56. The second-order valence-electron chi connectivity index (χ2n) is 3.76. The van der Waals surface area contributed by atoms with E-state index in [0.717, 1.165) is 0 Å². The van der Waals surface area contributed by atoms with Crippen LogP contribution in [0.3, 0.4) is 0 Å². The number of H-pyrrole nitrogens is 1. The molecule has 0 saturated carbocycles. The molecule has 0 aliphatic rings. The first-order chi connectivity index (χ1) is 7.86. The largest absolute Gasteiger partial charge is 0.393 e. The van der Waals surface area contributed by atoms with Gasteiger partial charge in [-0.2, -0.15) is 5.10 Å². The number of aromatic nitrogens is 2. The lowest BCUT2D eigenvalue weighted by Gasteiger charge is -2.15. The molecule has 0 bridgehead atoms. The molecule has 1 aromatic rings. The van der Waals surface area contributed by atoms with Gasteiger partial charge in [0.15, 0.2) is 0 Å². The molecule has 1 heterocycles. The number of sulfonamides is 1. The fourth-order valence-corrected chi connectivity index (χ4v) is 3.06. The molecule has 1 aromatic heterocycles. The predicted octanol–water partition coefficient (Wildman–Crippen LogP) is 0.451. The molecule has 6 nitrogen and oxygen atoms in total. The second-order valence-corrected chi connectivity index (χ2v) is 5.96. The molecule has 0 saturated heterocycles. The Labute approximate surface area is 106 Å². The third-order valence-electron chi connectivity index (χ3n) is 2.34. The van der Waals surface area contributed by atoms with E-state index in [0.29, 0.717) is 23.5 Å². The molecule has 1 rings (SSSR count). The van der Waals surface area contributed by atoms with Gasteiger partial charge < -0.3 is 5.73 Å². The van der Waals surface area contributed by atoms with Gasteiger partial charge in [-0.15, -0.1) is 0 Å². The highest BCUT2D eigenvalue weighted by Crippen LogP contribution is 2.12. The van der Waals surface area contributed by atoms with E-state index in [-0.39, 0.29) is 10.9 Å². The zero-order valence-electron chi connectivity index (χ0n) is 9.73. The van der Waals surface area contributed by atoms with Crippen LogP contribution in [0, 0.1) is 6.92 Å². The van der Waals surface area contributed by atoms with Crippen LogP contribution in [-0.4, -0.2) is 29.6 Å². The van der Waals surface area contributed by atoms with Gasteiger partial charge >= 0.3 is 0 Å². The Hall–Kier alpha value is -0.990. The van der Waals surface area contributed by atoms with Crippen LogP contribution in [-0.2, 0) is 10.0 Å². The van der Waals surface area contributed by atoms with E-state index in [4.69, 9.17) is 18.0 Å². The van der Waals surface area contributed by atoms with E-state index in [2.05, 4.69) is 14.9 Å². The molecule has 96 valence electrons. The summed E-state index contributed by atoms with van der Waals surface area (Å²) < 4.78 is 26.6. The van der Waals surface area contributed by atoms with E-state index in [1.54, 1.807) is 6.92 Å². The molecular formula is C9H16N4O2S2. The normalized spacial score (nSPS) is 13.5. The number of nitrogens with zero attached hydrogens (tertiary/aromatic N) is 1. The van der Waals surface area contributed by atoms with Crippen LogP contribution in [0.1, 0.15) is 25.5 Å². The number of aromatic amines is 1. The van der Waals surface area contributed by atoms with Crippen molar-refractivity contribution in [1.29, 1.82) is 0 Å². The van der Waals surface area contributed by atoms with Crippen LogP contribution in [0.2, 0.25) is 0 Å². The molecule has 0 spiro atoms. The smallest absolute Gasteiger partial charge is 0.244 e. The van der Waals surface area contributed by atoms with Crippen molar-refractivity contribution in [2.45, 2.75) is 37.6 Å². The number of aryl methyl sites for hydroxylation is 1. The van der Waals surface area contributed by atoms with Crippen molar-refractivity contribution in [3.63, 3.8) is 0 Å². The minimum Gasteiger partial charge on any atom is -0.393 e. The molecule has 0 fully saturated rings. The lowest BCUT2D eigenvalue weighted by atomic mass is 10.2. The average Bonchev–Trinajstić information content (AvgIpc) is 2.63. The number of nitrogens with two attached hydrogens (primary N) is 1. The Bertz CT molecular complexity index is 495. The van der Waals surface area contributed by atoms with E-state index >= 15 is 0 Å². The van der Waals surface area contributed by atoms with Crippen LogP contribution < -0.4 is 10.5 Å². The van der Waals surface area contributed by atoms with Crippen LogP contribution in [0.25, 0.3) is 0 Å². The van der Waals surface area contributed by atoms with Crippen molar-refractivity contribution in [3.8, 4) is 0 Å². The highest BCUT2D eigenvalue weighted by molar-refractivity contribution is 7.89. The van der Waals surface area contributed by atoms with Gasteiger partial charge in [-0.25, -0.2) is 13.1 Å². The van der Waals surface area contributed by atoms with E-state index < -0.39 is 10.0 Å². The summed E-state index contributed by atoms with van der Waals surface area (Å²) in [5.74, 6) is 0. The Morgan fingerprint density at radius 2 is 2.35 bits per heavy atom. The second kappa shape index (κ2) is 5.56. The van der Waals surface area contributed by atoms with Gasteiger partial charge in [0, 0.05) is 12.5 Å². The fraction of sp³-hybridized carbons (Fsp3) is 0.556. The van der Waals surface area contributed by atoms with Crippen LogP contribution in [0.4, 0.5) is 0 Å². The van der Waals surface area contributed by atoms with E-state index in [9.17, 15) is 8.42 Å². The van der Waals surface area contributed by atoms with Crippen molar-refractivity contribution in [1.82, 2.24) is 14.9 Å².